The van der Waals surface area contributed by atoms with Crippen molar-refractivity contribution in [3.8, 4) is 11.5 Å². The first kappa shape index (κ1) is 20.6. The van der Waals surface area contributed by atoms with Gasteiger partial charge in [-0.05, 0) is 30.1 Å². The molecule has 0 radical (unpaired) electrons. The molecular weight excluding hydrogens is 390 g/mol. The summed E-state index contributed by atoms with van der Waals surface area (Å²) in [7, 11) is 0. The van der Waals surface area contributed by atoms with E-state index in [1.807, 2.05) is 6.92 Å². The molecule has 0 heterocycles. The van der Waals surface area contributed by atoms with E-state index in [0.717, 1.165) is 18.2 Å². The Hall–Kier alpha value is -3.67. The molecule has 0 atom stereocenters. The Morgan fingerprint density at radius 3 is 2.61 bits per heavy atom. The summed E-state index contributed by atoms with van der Waals surface area (Å²) in [5, 5.41) is 25.8. The molecule has 0 unspecified atom stereocenters. The topological polar surface area (TPSA) is 149 Å². The number of benzene rings is 2. The van der Waals surface area contributed by atoms with Crippen LogP contribution in [0.25, 0.3) is 0 Å². The number of urea groups is 1. The lowest BCUT2D eigenvalue weighted by Crippen LogP contribution is -2.27. The predicted octanol–water partition coefficient (Wildman–Crippen LogP) is 3.60. The lowest BCUT2D eigenvalue weighted by atomic mass is 10.2. The molecule has 0 spiro atoms. The molecule has 146 valence electrons. The number of carbonyl (C=O) groups excluding carboxylic acids is 1. The van der Waals surface area contributed by atoms with Gasteiger partial charge in [0.2, 0.25) is 5.75 Å². The Bertz CT molecular complexity index is 920. The van der Waals surface area contributed by atoms with Crippen LogP contribution < -0.4 is 14.9 Å². The van der Waals surface area contributed by atoms with Crippen molar-refractivity contribution in [2.24, 2.45) is 5.10 Å². The molecule has 0 aliphatic heterocycles. The highest BCUT2D eigenvalue weighted by atomic mass is 32.2. The summed E-state index contributed by atoms with van der Waals surface area (Å²) in [5.74, 6) is 0.747. The number of nitro benzene ring substituents is 2. The lowest BCUT2D eigenvalue weighted by molar-refractivity contribution is -0.394. The fourth-order valence-electron chi connectivity index (χ4n) is 1.97. The highest BCUT2D eigenvalue weighted by Gasteiger charge is 2.21. The summed E-state index contributed by atoms with van der Waals surface area (Å²) in [6, 6.07) is 9.06. The van der Waals surface area contributed by atoms with Crippen molar-refractivity contribution in [1.29, 1.82) is 0 Å². The van der Waals surface area contributed by atoms with Crippen LogP contribution in [0.1, 0.15) is 12.5 Å². The molecule has 2 rings (SSSR count). The predicted molar refractivity (Wildman–Crippen MR) is 104 cm³/mol. The van der Waals surface area contributed by atoms with Gasteiger partial charge in [0.05, 0.1) is 22.1 Å². The average Bonchev–Trinajstić information content (AvgIpc) is 2.67. The summed E-state index contributed by atoms with van der Waals surface area (Å²) in [6.07, 6.45) is 1.31. The average molecular weight is 405 g/mol. The lowest BCUT2D eigenvalue weighted by Gasteiger charge is -2.09. The van der Waals surface area contributed by atoms with Crippen LogP contribution in [0.5, 0.6) is 11.5 Å². The highest BCUT2D eigenvalue weighted by Crippen LogP contribution is 2.35. The molecule has 0 bridgehead atoms. The normalized spacial score (nSPS) is 10.5. The molecule has 11 nitrogen and oxygen atoms in total. The van der Waals surface area contributed by atoms with Gasteiger partial charge >= 0.3 is 11.7 Å². The SMILES string of the molecule is CCSNC(=O)N/N=C/c1ccccc1Oc1ccc([N+](=O)[O-])cc1[N+](=O)[O-]. The summed E-state index contributed by atoms with van der Waals surface area (Å²) < 4.78 is 8.07. The summed E-state index contributed by atoms with van der Waals surface area (Å²) in [5.41, 5.74) is 1.73. The molecule has 2 N–H and O–H groups in total. The van der Waals surface area contributed by atoms with Gasteiger partial charge in [-0.1, -0.05) is 19.1 Å². The van der Waals surface area contributed by atoms with Crippen molar-refractivity contribution in [2.75, 3.05) is 5.75 Å². The molecule has 0 saturated carbocycles. The molecule has 2 aromatic carbocycles. The molecule has 2 amide bonds. The number of nitrogens with zero attached hydrogens (tertiary/aromatic N) is 3. The molecule has 0 aliphatic carbocycles. The molecule has 28 heavy (non-hydrogen) atoms. The second-order valence-corrected chi connectivity index (χ2v) is 6.11. The van der Waals surface area contributed by atoms with Gasteiger partial charge in [-0.15, -0.1) is 0 Å². The van der Waals surface area contributed by atoms with Crippen molar-refractivity contribution in [1.82, 2.24) is 10.1 Å². The van der Waals surface area contributed by atoms with Crippen molar-refractivity contribution < 1.29 is 19.4 Å². The second kappa shape index (κ2) is 9.87. The number of rotatable bonds is 8. The van der Waals surface area contributed by atoms with Gasteiger partial charge in [-0.2, -0.15) is 5.10 Å². The van der Waals surface area contributed by atoms with Crippen LogP contribution in [-0.2, 0) is 0 Å². The Morgan fingerprint density at radius 1 is 1.18 bits per heavy atom. The fourth-order valence-corrected chi connectivity index (χ4v) is 2.29. The third-order valence-corrected chi connectivity index (χ3v) is 3.79. The number of nitro groups is 2. The molecule has 0 aromatic heterocycles. The summed E-state index contributed by atoms with van der Waals surface area (Å²) >= 11 is 1.20. The number of amides is 2. The minimum atomic E-state index is -0.768. The van der Waals surface area contributed by atoms with Crippen molar-refractivity contribution in [2.45, 2.75) is 6.92 Å². The zero-order valence-electron chi connectivity index (χ0n) is 14.5. The Balaban J connectivity index is 2.23. The number of carbonyl (C=O) groups is 1. The largest absolute Gasteiger partial charge is 0.449 e. The molecule has 0 aliphatic rings. The van der Waals surface area contributed by atoms with E-state index in [-0.39, 0.29) is 11.5 Å². The van der Waals surface area contributed by atoms with Crippen LogP contribution >= 0.6 is 11.9 Å². The van der Waals surface area contributed by atoms with Gasteiger partial charge in [0.1, 0.15) is 5.75 Å². The van der Waals surface area contributed by atoms with Crippen LogP contribution in [0.3, 0.4) is 0 Å². The number of hydrazone groups is 1. The maximum Gasteiger partial charge on any atom is 0.345 e. The zero-order valence-corrected chi connectivity index (χ0v) is 15.3. The summed E-state index contributed by atoms with van der Waals surface area (Å²) in [6.45, 7) is 1.87. The van der Waals surface area contributed by atoms with Gasteiger partial charge in [0, 0.05) is 17.4 Å². The van der Waals surface area contributed by atoms with Crippen molar-refractivity contribution in [3.63, 3.8) is 0 Å². The van der Waals surface area contributed by atoms with Gasteiger partial charge < -0.3 is 4.74 Å². The molecule has 2 aromatic rings. The van der Waals surface area contributed by atoms with E-state index in [1.54, 1.807) is 24.3 Å². The minimum Gasteiger partial charge on any atom is -0.449 e. The molecule has 0 saturated heterocycles. The first-order chi connectivity index (χ1) is 13.4. The highest BCUT2D eigenvalue weighted by molar-refractivity contribution is 7.97. The Labute approximate surface area is 163 Å². The van der Waals surface area contributed by atoms with Gasteiger partial charge in [0.25, 0.3) is 5.69 Å². The number of ether oxygens (including phenoxy) is 1. The van der Waals surface area contributed by atoms with Gasteiger partial charge in [0.15, 0.2) is 0 Å². The van der Waals surface area contributed by atoms with Crippen LogP contribution in [0, 0.1) is 20.2 Å². The molecular formula is C16H15N5O6S. The maximum absolute atomic E-state index is 11.5. The van der Waals surface area contributed by atoms with E-state index in [9.17, 15) is 25.0 Å². The molecule has 0 fully saturated rings. The second-order valence-electron chi connectivity index (χ2n) is 5.04. The smallest absolute Gasteiger partial charge is 0.345 e. The van der Waals surface area contributed by atoms with E-state index in [2.05, 4.69) is 15.2 Å². The van der Waals surface area contributed by atoms with Crippen molar-refractivity contribution >= 4 is 35.6 Å². The van der Waals surface area contributed by atoms with Crippen LogP contribution in [0.15, 0.2) is 47.6 Å². The van der Waals surface area contributed by atoms with E-state index < -0.39 is 27.3 Å². The first-order valence-corrected chi connectivity index (χ1v) is 8.81. The number of para-hydroxylation sites is 1. The van der Waals surface area contributed by atoms with Crippen LogP contribution in [-0.4, -0.2) is 27.8 Å². The fraction of sp³-hybridized carbons (Fsp3) is 0.125. The zero-order chi connectivity index (χ0) is 20.5. The summed E-state index contributed by atoms with van der Waals surface area (Å²) in [4.78, 5) is 32.0. The van der Waals surface area contributed by atoms with E-state index >= 15 is 0 Å². The van der Waals surface area contributed by atoms with Gasteiger partial charge in [-0.3, -0.25) is 25.0 Å². The Morgan fingerprint density at radius 2 is 1.93 bits per heavy atom. The van der Waals surface area contributed by atoms with E-state index in [0.29, 0.717) is 11.3 Å². The monoisotopic (exact) mass is 405 g/mol. The molecule has 12 heteroatoms. The number of nitrogens with one attached hydrogen (secondary N) is 2. The number of hydrogen-bond acceptors (Lipinski definition) is 8. The first-order valence-electron chi connectivity index (χ1n) is 7.83. The number of non-ortho nitro benzene ring substituents is 1. The Kier molecular flexibility index (Phi) is 7.28. The third-order valence-electron chi connectivity index (χ3n) is 3.17. The standard InChI is InChI=1S/C16H15N5O6S/c1-2-28-19-16(22)18-17-10-11-5-3-4-6-14(11)27-15-8-7-12(20(23)24)9-13(15)21(25)26/h3-10H,2H2,1H3,(H2,18,19,22)/b17-10+. The van der Waals surface area contributed by atoms with E-state index in [1.165, 1.54) is 18.2 Å². The van der Waals surface area contributed by atoms with E-state index in [4.69, 9.17) is 4.74 Å². The van der Waals surface area contributed by atoms with Gasteiger partial charge in [-0.25, -0.2) is 10.2 Å². The quantitative estimate of drug-likeness (QED) is 0.295. The number of hydrogen-bond donors (Lipinski definition) is 2. The minimum absolute atomic E-state index is 0.165. The maximum atomic E-state index is 11.5. The third kappa shape index (κ3) is 5.67. The van der Waals surface area contributed by atoms with Crippen LogP contribution in [0.4, 0.5) is 16.2 Å². The van der Waals surface area contributed by atoms with Crippen molar-refractivity contribution in [3.05, 3.63) is 68.3 Å². The van der Waals surface area contributed by atoms with Crippen LogP contribution in [0.2, 0.25) is 0 Å².